The lowest BCUT2D eigenvalue weighted by atomic mass is 10.2. The minimum absolute atomic E-state index is 0.00996. The molecule has 2 aromatic carbocycles. The van der Waals surface area contributed by atoms with Gasteiger partial charge in [-0.3, -0.25) is 5.10 Å². The van der Waals surface area contributed by atoms with Gasteiger partial charge in [0.25, 0.3) is 0 Å². The fraction of sp³-hybridized carbons (Fsp3) is 0.0556. The SMILES string of the molecule is O=C(O)c1n[nH]c2cc(OCc3ccc(-n4cccn4)cc3)ccc12. The molecule has 0 fully saturated rings. The van der Waals surface area contributed by atoms with Gasteiger partial charge in [-0.05, 0) is 35.9 Å². The summed E-state index contributed by atoms with van der Waals surface area (Å²) in [6.07, 6.45) is 3.62. The van der Waals surface area contributed by atoms with Crippen LogP contribution in [0.3, 0.4) is 0 Å². The number of rotatable bonds is 5. The second-order valence-electron chi connectivity index (χ2n) is 5.49. The maximum Gasteiger partial charge on any atom is 0.357 e. The molecule has 7 heteroatoms. The van der Waals surface area contributed by atoms with Crippen LogP contribution in [0.1, 0.15) is 16.1 Å². The predicted molar refractivity (Wildman–Crippen MR) is 90.9 cm³/mol. The first kappa shape index (κ1) is 14.9. The fourth-order valence-corrected chi connectivity index (χ4v) is 2.58. The largest absolute Gasteiger partial charge is 0.489 e. The molecule has 2 heterocycles. The number of hydrogen-bond acceptors (Lipinski definition) is 4. The van der Waals surface area contributed by atoms with Gasteiger partial charge in [0.05, 0.1) is 11.2 Å². The lowest BCUT2D eigenvalue weighted by Gasteiger charge is -2.07. The van der Waals surface area contributed by atoms with Crippen LogP contribution in [0.25, 0.3) is 16.6 Å². The summed E-state index contributed by atoms with van der Waals surface area (Å²) in [6, 6.07) is 15.0. The molecular formula is C18H14N4O3. The highest BCUT2D eigenvalue weighted by Gasteiger charge is 2.12. The number of ether oxygens (including phenoxy) is 1. The van der Waals surface area contributed by atoms with Crippen molar-refractivity contribution in [3.05, 3.63) is 72.2 Å². The van der Waals surface area contributed by atoms with Gasteiger partial charge in [0.15, 0.2) is 5.69 Å². The average molecular weight is 334 g/mol. The van der Waals surface area contributed by atoms with Crippen LogP contribution in [0.15, 0.2) is 60.9 Å². The smallest absolute Gasteiger partial charge is 0.357 e. The molecule has 4 aromatic rings. The van der Waals surface area contributed by atoms with Crippen molar-refractivity contribution in [3.63, 3.8) is 0 Å². The lowest BCUT2D eigenvalue weighted by molar-refractivity contribution is 0.0692. The van der Waals surface area contributed by atoms with Crippen molar-refractivity contribution in [1.29, 1.82) is 0 Å². The molecule has 124 valence electrons. The Morgan fingerprint density at radius 2 is 2.04 bits per heavy atom. The number of carboxylic acid groups (broad SMARTS) is 1. The van der Waals surface area contributed by atoms with Crippen LogP contribution >= 0.6 is 0 Å². The second-order valence-corrected chi connectivity index (χ2v) is 5.49. The first-order valence-electron chi connectivity index (χ1n) is 7.64. The van der Waals surface area contributed by atoms with Crippen LogP contribution in [0, 0.1) is 0 Å². The second kappa shape index (κ2) is 6.12. The van der Waals surface area contributed by atoms with Gasteiger partial charge in [0.2, 0.25) is 0 Å². The summed E-state index contributed by atoms with van der Waals surface area (Å²) in [5, 5.41) is 20.3. The number of H-pyrrole nitrogens is 1. The molecule has 2 aromatic heterocycles. The normalized spacial score (nSPS) is 10.9. The molecule has 7 nitrogen and oxygen atoms in total. The number of aromatic amines is 1. The van der Waals surface area contributed by atoms with Crippen LogP contribution in [-0.2, 0) is 6.61 Å². The topological polar surface area (TPSA) is 93.0 Å². The minimum atomic E-state index is -1.06. The highest BCUT2D eigenvalue weighted by atomic mass is 16.5. The number of nitrogens with zero attached hydrogens (tertiary/aromatic N) is 3. The van der Waals surface area contributed by atoms with Crippen LogP contribution in [0.4, 0.5) is 0 Å². The molecule has 0 atom stereocenters. The number of carbonyl (C=O) groups is 1. The van der Waals surface area contributed by atoms with Gasteiger partial charge in [-0.25, -0.2) is 9.48 Å². The average Bonchev–Trinajstić information content (AvgIpc) is 3.29. The maximum atomic E-state index is 11.1. The van der Waals surface area contributed by atoms with Gasteiger partial charge >= 0.3 is 5.97 Å². The quantitative estimate of drug-likeness (QED) is 0.585. The summed E-state index contributed by atoms with van der Waals surface area (Å²) in [5.41, 5.74) is 2.64. The molecule has 0 aliphatic heterocycles. The van der Waals surface area contributed by atoms with E-state index < -0.39 is 5.97 Å². The van der Waals surface area contributed by atoms with Crippen LogP contribution in [-0.4, -0.2) is 31.1 Å². The van der Waals surface area contributed by atoms with E-state index in [2.05, 4.69) is 15.3 Å². The highest BCUT2D eigenvalue weighted by molar-refractivity contribution is 6.01. The van der Waals surface area contributed by atoms with Crippen molar-refractivity contribution < 1.29 is 14.6 Å². The molecule has 2 N–H and O–H groups in total. The first-order chi connectivity index (χ1) is 12.2. The van der Waals surface area contributed by atoms with Crippen molar-refractivity contribution in [1.82, 2.24) is 20.0 Å². The zero-order chi connectivity index (χ0) is 17.2. The Balaban J connectivity index is 1.47. The molecule has 0 radical (unpaired) electrons. The van der Waals surface area contributed by atoms with Crippen molar-refractivity contribution in [3.8, 4) is 11.4 Å². The minimum Gasteiger partial charge on any atom is -0.489 e. The number of fused-ring (bicyclic) bond motifs is 1. The molecular weight excluding hydrogens is 320 g/mol. The Morgan fingerprint density at radius 1 is 1.20 bits per heavy atom. The number of aromatic carboxylic acids is 1. The standard InChI is InChI=1S/C18H14N4O3/c23-18(24)17-15-7-6-14(10-16(15)20-21-17)25-11-12-2-4-13(5-3-12)22-9-1-8-19-22/h1-10H,11H2,(H,20,21)(H,23,24). The molecule has 0 aliphatic rings. The van der Waals surface area contributed by atoms with E-state index >= 15 is 0 Å². The third-order valence-electron chi connectivity index (χ3n) is 3.85. The van der Waals surface area contributed by atoms with Crippen molar-refractivity contribution in [2.75, 3.05) is 0 Å². The Morgan fingerprint density at radius 3 is 2.76 bits per heavy atom. The molecule has 0 spiro atoms. The van der Waals surface area contributed by atoms with Crippen LogP contribution in [0.2, 0.25) is 0 Å². The number of aromatic nitrogens is 4. The maximum absolute atomic E-state index is 11.1. The van der Waals surface area contributed by atoms with Crippen molar-refractivity contribution in [2.24, 2.45) is 0 Å². The third-order valence-corrected chi connectivity index (χ3v) is 3.85. The summed E-state index contributed by atoms with van der Waals surface area (Å²) in [5.74, 6) is -0.415. The number of nitrogens with one attached hydrogen (secondary N) is 1. The van der Waals surface area contributed by atoms with E-state index in [0.29, 0.717) is 23.3 Å². The van der Waals surface area contributed by atoms with E-state index in [1.807, 2.05) is 36.5 Å². The summed E-state index contributed by atoms with van der Waals surface area (Å²) >= 11 is 0. The van der Waals surface area contributed by atoms with Crippen LogP contribution in [0.5, 0.6) is 5.75 Å². The van der Waals surface area contributed by atoms with Gasteiger partial charge < -0.3 is 9.84 Å². The Labute approximate surface area is 142 Å². The van der Waals surface area contributed by atoms with E-state index in [1.54, 1.807) is 29.1 Å². The predicted octanol–water partition coefficient (Wildman–Crippen LogP) is 3.03. The summed E-state index contributed by atoms with van der Waals surface area (Å²) in [7, 11) is 0. The molecule has 0 saturated carbocycles. The molecule has 4 rings (SSSR count). The van der Waals surface area contributed by atoms with E-state index in [-0.39, 0.29) is 5.69 Å². The highest BCUT2D eigenvalue weighted by Crippen LogP contribution is 2.22. The Bertz CT molecular complexity index is 1020. The zero-order valence-electron chi connectivity index (χ0n) is 13.1. The summed E-state index contributed by atoms with van der Waals surface area (Å²) < 4.78 is 7.57. The fourth-order valence-electron chi connectivity index (χ4n) is 2.58. The molecule has 0 bridgehead atoms. The van der Waals surface area contributed by atoms with Crippen molar-refractivity contribution >= 4 is 16.9 Å². The summed E-state index contributed by atoms with van der Waals surface area (Å²) in [6.45, 7) is 0.408. The van der Waals surface area contributed by atoms with E-state index in [1.165, 1.54) is 0 Å². The van der Waals surface area contributed by atoms with E-state index in [4.69, 9.17) is 9.84 Å². The number of carboxylic acids is 1. The summed E-state index contributed by atoms with van der Waals surface area (Å²) in [4.78, 5) is 11.1. The van der Waals surface area contributed by atoms with Gasteiger partial charge in [-0.2, -0.15) is 10.2 Å². The first-order valence-corrected chi connectivity index (χ1v) is 7.64. The Kier molecular flexibility index (Phi) is 3.66. The van der Waals surface area contributed by atoms with Crippen molar-refractivity contribution in [2.45, 2.75) is 6.61 Å². The molecule has 0 saturated heterocycles. The Hall–Kier alpha value is -3.61. The molecule has 0 unspecified atom stereocenters. The monoisotopic (exact) mass is 334 g/mol. The van der Waals surface area contributed by atoms with E-state index in [9.17, 15) is 4.79 Å². The van der Waals surface area contributed by atoms with Crippen LogP contribution < -0.4 is 4.74 Å². The number of benzene rings is 2. The molecule has 0 aliphatic carbocycles. The van der Waals surface area contributed by atoms with Gasteiger partial charge in [-0.1, -0.05) is 12.1 Å². The lowest BCUT2D eigenvalue weighted by Crippen LogP contribution is -1.98. The van der Waals surface area contributed by atoms with E-state index in [0.717, 1.165) is 11.3 Å². The zero-order valence-corrected chi connectivity index (χ0v) is 13.1. The molecule has 25 heavy (non-hydrogen) atoms. The van der Waals surface area contributed by atoms with Gasteiger partial charge in [0.1, 0.15) is 12.4 Å². The van der Waals surface area contributed by atoms with Gasteiger partial charge in [-0.15, -0.1) is 0 Å². The third kappa shape index (κ3) is 2.94. The molecule has 0 amide bonds. The van der Waals surface area contributed by atoms with Gasteiger partial charge in [0, 0.05) is 23.8 Å². The number of hydrogen-bond donors (Lipinski definition) is 2.